The van der Waals surface area contributed by atoms with Crippen LogP contribution in [0.4, 0.5) is 5.00 Å². The van der Waals surface area contributed by atoms with Crippen molar-refractivity contribution in [3.8, 4) is 0 Å². The second-order valence-corrected chi connectivity index (χ2v) is 5.56. The number of likely N-dealkylation sites (tertiary alicyclic amines) is 1. The van der Waals surface area contributed by atoms with Crippen LogP contribution in [0.5, 0.6) is 0 Å². The topological polar surface area (TPSA) is 83.7 Å². The highest BCUT2D eigenvalue weighted by Gasteiger charge is 2.34. The summed E-state index contributed by atoms with van der Waals surface area (Å²) in [5.41, 5.74) is 0.880. The van der Waals surface area contributed by atoms with Gasteiger partial charge in [-0.25, -0.2) is 0 Å². The Labute approximate surface area is 108 Å². The minimum Gasteiger partial charge on any atom is -0.481 e. The Morgan fingerprint density at radius 2 is 2.39 bits per heavy atom. The van der Waals surface area contributed by atoms with Gasteiger partial charge in [-0.15, -0.1) is 0 Å². The Morgan fingerprint density at radius 1 is 1.67 bits per heavy atom. The van der Waals surface area contributed by atoms with Gasteiger partial charge in [-0.2, -0.15) is 0 Å². The van der Waals surface area contributed by atoms with Gasteiger partial charge in [0.25, 0.3) is 0 Å². The lowest BCUT2D eigenvalue weighted by molar-refractivity contribution is -0.380. The molecule has 1 aromatic rings. The summed E-state index contributed by atoms with van der Waals surface area (Å²) in [5.74, 6) is -0.976. The van der Waals surface area contributed by atoms with E-state index in [2.05, 4.69) is 0 Å². The van der Waals surface area contributed by atoms with Gasteiger partial charge in [0.2, 0.25) is 0 Å². The Kier molecular flexibility index (Phi) is 3.63. The van der Waals surface area contributed by atoms with Gasteiger partial charge < -0.3 is 5.11 Å². The van der Waals surface area contributed by atoms with E-state index < -0.39 is 10.9 Å². The van der Waals surface area contributed by atoms with Crippen molar-refractivity contribution in [3.63, 3.8) is 0 Å². The van der Waals surface area contributed by atoms with Crippen LogP contribution >= 0.6 is 11.3 Å². The largest absolute Gasteiger partial charge is 0.481 e. The van der Waals surface area contributed by atoms with Crippen LogP contribution < -0.4 is 0 Å². The van der Waals surface area contributed by atoms with Crippen molar-refractivity contribution in [2.75, 3.05) is 13.1 Å². The molecule has 2 heterocycles. The number of nitro groups is 1. The third-order valence-corrected chi connectivity index (χ3v) is 4.16. The molecule has 7 heteroatoms. The average Bonchev–Trinajstić information content (AvgIpc) is 2.86. The number of carboxylic acids is 1. The normalized spacial score (nSPS) is 24.3. The molecule has 2 unspecified atom stereocenters. The van der Waals surface area contributed by atoms with Crippen LogP contribution in [-0.2, 0) is 11.3 Å². The van der Waals surface area contributed by atoms with Crippen LogP contribution in [0.25, 0.3) is 0 Å². The minimum atomic E-state index is -0.763. The highest BCUT2D eigenvalue weighted by Crippen LogP contribution is 2.28. The van der Waals surface area contributed by atoms with Gasteiger partial charge >= 0.3 is 11.0 Å². The van der Waals surface area contributed by atoms with Crippen LogP contribution in [0.3, 0.4) is 0 Å². The SMILES string of the molecule is CC1CN(Cc2csc([N+](=O)[O-])c2)CC1C(=O)O. The number of thiophene rings is 1. The Hall–Kier alpha value is -1.47. The Bertz CT molecular complexity index is 473. The summed E-state index contributed by atoms with van der Waals surface area (Å²) in [6.07, 6.45) is 0. The molecule has 1 saturated heterocycles. The average molecular weight is 270 g/mol. The molecule has 0 spiro atoms. The Morgan fingerprint density at radius 3 is 2.89 bits per heavy atom. The first kappa shape index (κ1) is 13.0. The number of aliphatic carboxylic acids is 1. The summed E-state index contributed by atoms with van der Waals surface area (Å²) in [6.45, 7) is 3.74. The molecule has 2 atom stereocenters. The van der Waals surface area contributed by atoms with E-state index in [1.165, 1.54) is 0 Å². The third kappa shape index (κ3) is 2.68. The second kappa shape index (κ2) is 5.03. The minimum absolute atomic E-state index is 0.121. The smallest absolute Gasteiger partial charge is 0.324 e. The van der Waals surface area contributed by atoms with E-state index in [0.29, 0.717) is 13.1 Å². The molecule has 6 nitrogen and oxygen atoms in total. The summed E-state index contributed by atoms with van der Waals surface area (Å²) in [7, 11) is 0. The van der Waals surface area contributed by atoms with Gasteiger partial charge in [0.05, 0.1) is 10.8 Å². The number of hydrogen-bond donors (Lipinski definition) is 1. The predicted octanol–water partition coefficient (Wildman–Crippen LogP) is 1.81. The first-order valence-electron chi connectivity index (χ1n) is 5.64. The number of carboxylic acid groups (broad SMARTS) is 1. The fourth-order valence-corrected chi connectivity index (χ4v) is 3.04. The Balaban J connectivity index is 1.98. The maximum Gasteiger partial charge on any atom is 0.324 e. The van der Waals surface area contributed by atoms with Gasteiger partial charge in [-0.3, -0.25) is 19.8 Å². The van der Waals surface area contributed by atoms with E-state index in [1.54, 1.807) is 11.4 Å². The van der Waals surface area contributed by atoms with Crippen molar-refractivity contribution < 1.29 is 14.8 Å². The number of carbonyl (C=O) groups is 1. The fourth-order valence-electron chi connectivity index (χ4n) is 2.32. The van der Waals surface area contributed by atoms with Gasteiger partial charge in [0.15, 0.2) is 0 Å². The molecule has 1 aliphatic rings. The van der Waals surface area contributed by atoms with Crippen molar-refractivity contribution in [2.24, 2.45) is 11.8 Å². The molecule has 0 radical (unpaired) electrons. The summed E-state index contributed by atoms with van der Waals surface area (Å²) in [6, 6.07) is 1.56. The maximum absolute atomic E-state index is 11.0. The molecular formula is C11H14N2O4S. The molecule has 2 rings (SSSR count). The third-order valence-electron chi connectivity index (χ3n) is 3.23. The van der Waals surface area contributed by atoms with E-state index >= 15 is 0 Å². The molecule has 1 aromatic heterocycles. The van der Waals surface area contributed by atoms with E-state index in [-0.39, 0.29) is 16.8 Å². The summed E-state index contributed by atoms with van der Waals surface area (Å²) >= 11 is 1.11. The first-order chi connectivity index (χ1) is 8.47. The van der Waals surface area contributed by atoms with Gasteiger partial charge in [-0.1, -0.05) is 18.3 Å². The molecule has 0 aliphatic carbocycles. The zero-order valence-electron chi connectivity index (χ0n) is 9.91. The zero-order chi connectivity index (χ0) is 13.3. The zero-order valence-corrected chi connectivity index (χ0v) is 10.7. The van der Waals surface area contributed by atoms with E-state index in [9.17, 15) is 14.9 Å². The summed E-state index contributed by atoms with van der Waals surface area (Å²) in [4.78, 5) is 23.2. The lowest BCUT2D eigenvalue weighted by Gasteiger charge is -2.13. The number of hydrogen-bond acceptors (Lipinski definition) is 5. The van der Waals surface area contributed by atoms with Crippen molar-refractivity contribution in [1.29, 1.82) is 0 Å². The predicted molar refractivity (Wildman–Crippen MR) is 66.5 cm³/mol. The standard InChI is InChI=1S/C11H14N2O4S/c1-7-3-12(5-9(7)11(14)15)4-8-2-10(13(16)17)18-6-8/h2,6-7,9H,3-5H2,1H3,(H,14,15). The van der Waals surface area contributed by atoms with Crippen molar-refractivity contribution in [2.45, 2.75) is 13.5 Å². The lowest BCUT2D eigenvalue weighted by atomic mass is 9.99. The van der Waals surface area contributed by atoms with Crippen molar-refractivity contribution >= 4 is 22.3 Å². The van der Waals surface area contributed by atoms with Crippen molar-refractivity contribution in [3.05, 3.63) is 27.1 Å². The molecule has 0 saturated carbocycles. The molecule has 1 N–H and O–H groups in total. The molecule has 0 bridgehead atoms. The van der Waals surface area contributed by atoms with E-state index in [1.807, 2.05) is 11.8 Å². The van der Waals surface area contributed by atoms with Crippen molar-refractivity contribution in [1.82, 2.24) is 4.90 Å². The number of rotatable bonds is 4. The molecule has 98 valence electrons. The summed E-state index contributed by atoms with van der Waals surface area (Å²) in [5, 5.41) is 21.5. The first-order valence-corrected chi connectivity index (χ1v) is 6.52. The van der Waals surface area contributed by atoms with E-state index in [0.717, 1.165) is 23.4 Å². The van der Waals surface area contributed by atoms with E-state index in [4.69, 9.17) is 5.11 Å². The summed E-state index contributed by atoms with van der Waals surface area (Å²) < 4.78 is 0. The maximum atomic E-state index is 11.0. The molecule has 0 amide bonds. The monoisotopic (exact) mass is 270 g/mol. The molecular weight excluding hydrogens is 256 g/mol. The van der Waals surface area contributed by atoms with Gasteiger partial charge in [0, 0.05) is 31.1 Å². The highest BCUT2D eigenvalue weighted by atomic mass is 32.1. The fraction of sp³-hybridized carbons (Fsp3) is 0.545. The van der Waals surface area contributed by atoms with Crippen LogP contribution in [0.1, 0.15) is 12.5 Å². The van der Waals surface area contributed by atoms with Crippen LogP contribution in [-0.4, -0.2) is 34.0 Å². The van der Waals surface area contributed by atoms with Crippen LogP contribution in [0.2, 0.25) is 0 Å². The lowest BCUT2D eigenvalue weighted by Crippen LogP contribution is -2.22. The molecule has 18 heavy (non-hydrogen) atoms. The molecule has 1 aliphatic heterocycles. The number of nitrogens with zero attached hydrogens (tertiary/aromatic N) is 2. The molecule has 0 aromatic carbocycles. The van der Waals surface area contributed by atoms with Crippen LogP contribution in [0, 0.1) is 22.0 Å². The van der Waals surface area contributed by atoms with Crippen LogP contribution in [0.15, 0.2) is 11.4 Å². The molecule has 1 fully saturated rings. The van der Waals surface area contributed by atoms with Gasteiger partial charge in [-0.05, 0) is 11.5 Å². The quantitative estimate of drug-likeness (QED) is 0.666. The second-order valence-electron chi connectivity index (χ2n) is 4.67. The van der Waals surface area contributed by atoms with Gasteiger partial charge in [0.1, 0.15) is 0 Å². The highest BCUT2D eigenvalue weighted by molar-refractivity contribution is 7.13.